The molecule has 4 rings (SSSR count). The zero-order valence-electron chi connectivity index (χ0n) is 14.1. The summed E-state index contributed by atoms with van der Waals surface area (Å²) in [5, 5.41) is 4.82. The normalized spacial score (nSPS) is 18.0. The van der Waals surface area contributed by atoms with Gasteiger partial charge >= 0.3 is 0 Å². The Morgan fingerprint density at radius 1 is 1.21 bits per heavy atom. The highest BCUT2D eigenvalue weighted by atomic mass is 16.5. The third kappa shape index (κ3) is 2.96. The summed E-state index contributed by atoms with van der Waals surface area (Å²) in [6.45, 7) is 5.33. The third-order valence-corrected chi connectivity index (χ3v) is 4.88. The van der Waals surface area contributed by atoms with Crippen molar-refractivity contribution in [1.29, 1.82) is 0 Å². The smallest absolute Gasteiger partial charge is 0.257 e. The summed E-state index contributed by atoms with van der Waals surface area (Å²) in [6, 6.07) is 10.3. The number of nitrogens with zero attached hydrogens (tertiary/aromatic N) is 3. The minimum absolute atomic E-state index is 0.122. The van der Waals surface area contributed by atoms with Crippen molar-refractivity contribution in [1.82, 2.24) is 14.7 Å². The molecule has 0 radical (unpaired) electrons. The van der Waals surface area contributed by atoms with Crippen LogP contribution in [0.5, 0.6) is 0 Å². The van der Waals surface area contributed by atoms with E-state index in [0.717, 1.165) is 29.8 Å². The van der Waals surface area contributed by atoms with Gasteiger partial charge < -0.3 is 9.64 Å². The first-order valence-corrected chi connectivity index (χ1v) is 8.72. The molecule has 24 heavy (non-hydrogen) atoms. The molecule has 0 unspecified atom stereocenters. The molecule has 2 fully saturated rings. The van der Waals surface area contributed by atoms with Crippen molar-refractivity contribution in [2.45, 2.75) is 32.2 Å². The molecule has 2 aliphatic rings. The van der Waals surface area contributed by atoms with Crippen LogP contribution >= 0.6 is 0 Å². The first-order chi connectivity index (χ1) is 11.7. The molecule has 1 aliphatic carbocycles. The third-order valence-electron chi connectivity index (χ3n) is 4.88. The second-order valence-corrected chi connectivity index (χ2v) is 6.67. The highest BCUT2D eigenvalue weighted by molar-refractivity contribution is 5.96. The van der Waals surface area contributed by atoms with E-state index in [4.69, 9.17) is 9.84 Å². The van der Waals surface area contributed by atoms with Crippen molar-refractivity contribution in [3.63, 3.8) is 0 Å². The van der Waals surface area contributed by atoms with Gasteiger partial charge in [-0.15, -0.1) is 0 Å². The standard InChI is InChI=1S/C19H23N3O2/c1-14-17(19(23)21-9-11-24-12-10-21)18(16-7-8-16)20-22(14)13-15-5-3-2-4-6-15/h2-6,16H,7-13H2,1H3. The Kier molecular flexibility index (Phi) is 4.10. The second-order valence-electron chi connectivity index (χ2n) is 6.67. The van der Waals surface area contributed by atoms with E-state index in [1.807, 2.05) is 34.7 Å². The average Bonchev–Trinajstić information content (AvgIpc) is 3.42. The van der Waals surface area contributed by atoms with Crippen molar-refractivity contribution in [3.8, 4) is 0 Å². The van der Waals surface area contributed by atoms with Crippen LogP contribution in [0, 0.1) is 6.92 Å². The molecular weight excluding hydrogens is 302 g/mol. The predicted molar refractivity (Wildman–Crippen MR) is 91.2 cm³/mol. The Hall–Kier alpha value is -2.14. The minimum atomic E-state index is 0.122. The van der Waals surface area contributed by atoms with Crippen molar-refractivity contribution >= 4 is 5.91 Å². The van der Waals surface area contributed by atoms with Gasteiger partial charge in [-0.25, -0.2) is 0 Å². The van der Waals surface area contributed by atoms with E-state index in [2.05, 4.69) is 12.1 Å². The molecule has 1 saturated carbocycles. The van der Waals surface area contributed by atoms with Crippen molar-refractivity contribution in [2.75, 3.05) is 26.3 Å². The summed E-state index contributed by atoms with van der Waals surface area (Å²) >= 11 is 0. The fraction of sp³-hybridized carbons (Fsp3) is 0.474. The van der Waals surface area contributed by atoms with Crippen molar-refractivity contribution in [3.05, 3.63) is 52.8 Å². The molecule has 126 valence electrons. The van der Waals surface area contributed by atoms with E-state index in [1.54, 1.807) is 0 Å². The summed E-state index contributed by atoms with van der Waals surface area (Å²) in [4.78, 5) is 15.0. The number of hydrogen-bond acceptors (Lipinski definition) is 3. The van der Waals surface area contributed by atoms with Crippen molar-refractivity contribution < 1.29 is 9.53 Å². The molecule has 1 aliphatic heterocycles. The van der Waals surface area contributed by atoms with E-state index in [0.29, 0.717) is 38.8 Å². The quantitative estimate of drug-likeness (QED) is 0.868. The first kappa shape index (κ1) is 15.4. The van der Waals surface area contributed by atoms with E-state index >= 15 is 0 Å². The number of morpholine rings is 1. The zero-order chi connectivity index (χ0) is 16.5. The largest absolute Gasteiger partial charge is 0.378 e. The molecule has 0 atom stereocenters. The van der Waals surface area contributed by atoms with Gasteiger partial charge in [0.2, 0.25) is 0 Å². The molecule has 0 spiro atoms. The van der Waals surface area contributed by atoms with Crippen LogP contribution in [-0.4, -0.2) is 46.9 Å². The van der Waals surface area contributed by atoms with Crippen LogP contribution in [0.1, 0.15) is 46.1 Å². The molecule has 2 heterocycles. The molecular formula is C19H23N3O2. The SMILES string of the molecule is Cc1c(C(=O)N2CCOCC2)c(C2CC2)nn1Cc1ccccc1. The first-order valence-electron chi connectivity index (χ1n) is 8.72. The molecule has 0 bridgehead atoms. The van der Waals surface area contributed by atoms with Gasteiger partial charge in [-0.2, -0.15) is 5.10 Å². The molecule has 1 aromatic heterocycles. The zero-order valence-corrected chi connectivity index (χ0v) is 14.1. The highest BCUT2D eigenvalue weighted by Crippen LogP contribution is 2.42. The Morgan fingerprint density at radius 2 is 1.92 bits per heavy atom. The summed E-state index contributed by atoms with van der Waals surface area (Å²) in [6.07, 6.45) is 2.29. The topological polar surface area (TPSA) is 47.4 Å². The number of rotatable bonds is 4. The number of amides is 1. The lowest BCUT2D eigenvalue weighted by molar-refractivity contribution is 0.0301. The fourth-order valence-electron chi connectivity index (χ4n) is 3.31. The van der Waals surface area contributed by atoms with Gasteiger partial charge in [0, 0.05) is 24.7 Å². The van der Waals surface area contributed by atoms with Crippen LogP contribution in [0.2, 0.25) is 0 Å². The minimum Gasteiger partial charge on any atom is -0.378 e. The summed E-state index contributed by atoms with van der Waals surface area (Å²) < 4.78 is 7.37. The summed E-state index contributed by atoms with van der Waals surface area (Å²) in [7, 11) is 0. The maximum atomic E-state index is 13.1. The lowest BCUT2D eigenvalue weighted by Crippen LogP contribution is -2.41. The van der Waals surface area contributed by atoms with Crippen LogP contribution in [0.15, 0.2) is 30.3 Å². The molecule has 0 N–H and O–H groups in total. The molecule has 1 aromatic carbocycles. The lowest BCUT2D eigenvalue weighted by Gasteiger charge is -2.27. The molecule has 5 nitrogen and oxygen atoms in total. The van der Waals surface area contributed by atoms with Gasteiger partial charge in [-0.1, -0.05) is 30.3 Å². The average molecular weight is 325 g/mol. The fourth-order valence-corrected chi connectivity index (χ4v) is 3.31. The van der Waals surface area contributed by atoms with Crippen LogP contribution in [0.4, 0.5) is 0 Å². The second kappa shape index (κ2) is 6.40. The lowest BCUT2D eigenvalue weighted by atomic mass is 10.1. The van der Waals surface area contributed by atoms with E-state index < -0.39 is 0 Å². The van der Waals surface area contributed by atoms with E-state index in [-0.39, 0.29) is 5.91 Å². The maximum Gasteiger partial charge on any atom is 0.257 e. The van der Waals surface area contributed by atoms with Gasteiger partial charge in [-0.05, 0) is 25.3 Å². The number of aromatic nitrogens is 2. The number of hydrogen-bond donors (Lipinski definition) is 0. The highest BCUT2D eigenvalue weighted by Gasteiger charge is 2.35. The Balaban J connectivity index is 1.66. The van der Waals surface area contributed by atoms with Crippen LogP contribution < -0.4 is 0 Å². The van der Waals surface area contributed by atoms with Gasteiger partial charge in [-0.3, -0.25) is 9.48 Å². The number of benzene rings is 1. The number of carbonyl (C=O) groups excluding carboxylic acids is 1. The van der Waals surface area contributed by atoms with Crippen molar-refractivity contribution in [2.24, 2.45) is 0 Å². The van der Waals surface area contributed by atoms with Crippen LogP contribution in [0.25, 0.3) is 0 Å². The van der Waals surface area contributed by atoms with Gasteiger partial charge in [0.05, 0.1) is 31.0 Å². The molecule has 1 saturated heterocycles. The van der Waals surface area contributed by atoms with E-state index in [1.165, 1.54) is 5.56 Å². The summed E-state index contributed by atoms with van der Waals surface area (Å²) in [5.74, 6) is 0.581. The van der Waals surface area contributed by atoms with Crippen LogP contribution in [-0.2, 0) is 11.3 Å². The Labute approximate surface area is 142 Å². The van der Waals surface area contributed by atoms with Gasteiger partial charge in [0.15, 0.2) is 0 Å². The summed E-state index contributed by atoms with van der Waals surface area (Å²) in [5.41, 5.74) is 4.02. The number of ether oxygens (including phenoxy) is 1. The van der Waals surface area contributed by atoms with Gasteiger partial charge in [0.1, 0.15) is 0 Å². The Morgan fingerprint density at radius 3 is 2.58 bits per heavy atom. The van der Waals surface area contributed by atoms with Crippen LogP contribution in [0.3, 0.4) is 0 Å². The number of carbonyl (C=O) groups is 1. The Bertz CT molecular complexity index is 729. The van der Waals surface area contributed by atoms with Gasteiger partial charge in [0.25, 0.3) is 5.91 Å². The molecule has 1 amide bonds. The monoisotopic (exact) mass is 325 g/mol. The predicted octanol–water partition coefficient (Wildman–Crippen LogP) is 2.59. The molecule has 2 aromatic rings. The van der Waals surface area contributed by atoms with E-state index in [9.17, 15) is 4.79 Å². The maximum absolute atomic E-state index is 13.1. The molecule has 5 heteroatoms.